The first kappa shape index (κ1) is 12.8. The molecule has 0 saturated carbocycles. The molecular weight excluding hydrogens is 304 g/mol. The molecule has 18 heavy (non-hydrogen) atoms. The Balaban J connectivity index is 2.26. The summed E-state index contributed by atoms with van der Waals surface area (Å²) in [5.74, 6) is -1.32. The SMILES string of the molecule is O=C(c1ccc(F)cc1)[C@@H](Br)c1ccnc(F)c1. The van der Waals surface area contributed by atoms with Crippen molar-refractivity contribution >= 4 is 21.7 Å². The summed E-state index contributed by atoms with van der Waals surface area (Å²) in [4.78, 5) is 14.8. The minimum Gasteiger partial charge on any atom is -0.293 e. The van der Waals surface area contributed by atoms with Crippen LogP contribution in [0.1, 0.15) is 20.7 Å². The molecule has 2 aromatic rings. The fourth-order valence-corrected chi connectivity index (χ4v) is 2.04. The molecule has 0 N–H and O–H groups in total. The molecule has 0 aliphatic rings. The molecule has 0 bridgehead atoms. The fourth-order valence-electron chi connectivity index (χ4n) is 1.49. The van der Waals surface area contributed by atoms with E-state index >= 15 is 0 Å². The Labute approximate surface area is 111 Å². The largest absolute Gasteiger partial charge is 0.293 e. The normalized spacial score (nSPS) is 12.2. The molecule has 1 aromatic carbocycles. The van der Waals surface area contributed by atoms with Gasteiger partial charge in [-0.15, -0.1) is 0 Å². The molecule has 92 valence electrons. The van der Waals surface area contributed by atoms with Crippen LogP contribution in [0.3, 0.4) is 0 Å². The molecule has 0 aliphatic heterocycles. The molecule has 2 nitrogen and oxygen atoms in total. The van der Waals surface area contributed by atoms with Crippen LogP contribution >= 0.6 is 15.9 Å². The number of carbonyl (C=O) groups is 1. The molecule has 0 aliphatic carbocycles. The molecule has 0 unspecified atom stereocenters. The van der Waals surface area contributed by atoms with Gasteiger partial charge in [0.25, 0.3) is 0 Å². The first-order chi connectivity index (χ1) is 8.58. The summed E-state index contributed by atoms with van der Waals surface area (Å²) in [6.07, 6.45) is 1.29. The van der Waals surface area contributed by atoms with Crippen LogP contribution in [0.4, 0.5) is 8.78 Å². The first-order valence-corrected chi connectivity index (χ1v) is 6.05. The maximum absolute atomic E-state index is 13.0. The first-order valence-electron chi connectivity index (χ1n) is 5.13. The van der Waals surface area contributed by atoms with Crippen LogP contribution in [0.2, 0.25) is 0 Å². The third-order valence-corrected chi connectivity index (χ3v) is 3.35. The van der Waals surface area contributed by atoms with Gasteiger partial charge in [0.05, 0.1) is 0 Å². The number of hydrogen-bond acceptors (Lipinski definition) is 2. The minimum atomic E-state index is -0.680. The van der Waals surface area contributed by atoms with Crippen LogP contribution in [0.25, 0.3) is 0 Å². The quantitative estimate of drug-likeness (QED) is 0.492. The van der Waals surface area contributed by atoms with E-state index in [1.165, 1.54) is 36.5 Å². The van der Waals surface area contributed by atoms with Crippen LogP contribution in [0, 0.1) is 11.8 Å². The third kappa shape index (κ3) is 2.79. The molecular formula is C13H8BrF2NO. The van der Waals surface area contributed by atoms with Gasteiger partial charge < -0.3 is 0 Å². The Morgan fingerprint density at radius 3 is 2.44 bits per heavy atom. The number of aromatic nitrogens is 1. The Kier molecular flexibility index (Phi) is 3.81. The molecule has 2 rings (SSSR count). The van der Waals surface area contributed by atoms with E-state index in [1.807, 2.05) is 0 Å². The van der Waals surface area contributed by atoms with Gasteiger partial charge in [-0.3, -0.25) is 4.79 Å². The van der Waals surface area contributed by atoms with Crippen LogP contribution < -0.4 is 0 Å². The van der Waals surface area contributed by atoms with E-state index in [0.29, 0.717) is 11.1 Å². The summed E-state index contributed by atoms with van der Waals surface area (Å²) < 4.78 is 25.7. The zero-order valence-electron chi connectivity index (χ0n) is 9.11. The Bertz CT molecular complexity index is 571. The number of carbonyl (C=O) groups excluding carboxylic acids is 1. The molecule has 0 saturated heterocycles. The lowest BCUT2D eigenvalue weighted by molar-refractivity contribution is 0.0991. The van der Waals surface area contributed by atoms with Crippen LogP contribution in [-0.4, -0.2) is 10.8 Å². The van der Waals surface area contributed by atoms with Gasteiger partial charge in [-0.05, 0) is 42.0 Å². The number of nitrogens with zero attached hydrogens (tertiary/aromatic N) is 1. The maximum Gasteiger partial charge on any atom is 0.213 e. The number of benzene rings is 1. The summed E-state index contributed by atoms with van der Waals surface area (Å²) >= 11 is 3.20. The van der Waals surface area contributed by atoms with Crippen molar-refractivity contribution in [3.05, 3.63) is 65.5 Å². The molecule has 0 spiro atoms. The zero-order valence-corrected chi connectivity index (χ0v) is 10.7. The van der Waals surface area contributed by atoms with E-state index in [9.17, 15) is 13.6 Å². The summed E-state index contributed by atoms with van der Waals surface area (Å²) in [5.41, 5.74) is 0.826. The maximum atomic E-state index is 13.0. The zero-order chi connectivity index (χ0) is 13.1. The number of hydrogen-bond donors (Lipinski definition) is 0. The molecule has 0 fully saturated rings. The van der Waals surface area contributed by atoms with Crippen molar-refractivity contribution in [1.29, 1.82) is 0 Å². The Morgan fingerprint density at radius 1 is 1.17 bits per heavy atom. The Hall–Kier alpha value is -1.62. The van der Waals surface area contributed by atoms with Gasteiger partial charge in [0.15, 0.2) is 5.78 Å². The molecule has 0 radical (unpaired) electrons. The second-order valence-corrected chi connectivity index (χ2v) is 4.56. The van der Waals surface area contributed by atoms with E-state index in [-0.39, 0.29) is 5.78 Å². The van der Waals surface area contributed by atoms with E-state index in [4.69, 9.17) is 0 Å². The number of alkyl halides is 1. The van der Waals surface area contributed by atoms with Gasteiger partial charge in [-0.25, -0.2) is 9.37 Å². The minimum absolute atomic E-state index is 0.263. The highest BCUT2D eigenvalue weighted by Gasteiger charge is 2.19. The number of pyridine rings is 1. The van der Waals surface area contributed by atoms with Gasteiger partial charge in [0, 0.05) is 11.8 Å². The van der Waals surface area contributed by atoms with Crippen LogP contribution in [0.5, 0.6) is 0 Å². The van der Waals surface area contributed by atoms with Gasteiger partial charge in [0.1, 0.15) is 10.6 Å². The number of Topliss-reactive ketones (excluding diaryl/α,β-unsaturated/α-hetero) is 1. The lowest BCUT2D eigenvalue weighted by Gasteiger charge is -2.09. The van der Waals surface area contributed by atoms with Crippen molar-refractivity contribution in [2.75, 3.05) is 0 Å². The summed E-state index contributed by atoms with van der Waals surface area (Å²) in [6.45, 7) is 0. The smallest absolute Gasteiger partial charge is 0.213 e. The van der Waals surface area contributed by atoms with Crippen molar-refractivity contribution in [2.24, 2.45) is 0 Å². The van der Waals surface area contributed by atoms with Crippen molar-refractivity contribution in [1.82, 2.24) is 4.98 Å². The highest BCUT2D eigenvalue weighted by atomic mass is 79.9. The van der Waals surface area contributed by atoms with Crippen molar-refractivity contribution in [3.8, 4) is 0 Å². The third-order valence-electron chi connectivity index (χ3n) is 2.40. The predicted octanol–water partition coefficient (Wildman–Crippen LogP) is 3.68. The Morgan fingerprint density at radius 2 is 1.83 bits per heavy atom. The molecule has 5 heteroatoms. The second-order valence-electron chi connectivity index (χ2n) is 3.65. The molecule has 1 atom stereocenters. The predicted molar refractivity (Wildman–Crippen MR) is 66.6 cm³/mol. The topological polar surface area (TPSA) is 30.0 Å². The van der Waals surface area contributed by atoms with E-state index in [0.717, 1.165) is 0 Å². The highest BCUT2D eigenvalue weighted by Crippen LogP contribution is 2.27. The molecule has 0 amide bonds. The van der Waals surface area contributed by atoms with Crippen molar-refractivity contribution in [3.63, 3.8) is 0 Å². The number of halogens is 3. The number of rotatable bonds is 3. The monoisotopic (exact) mass is 311 g/mol. The standard InChI is InChI=1S/C13H8BrF2NO/c14-12(9-5-6-17-11(16)7-9)13(18)8-1-3-10(15)4-2-8/h1-7,12H/t12-/m0/s1. The number of ketones is 1. The average molecular weight is 312 g/mol. The van der Waals surface area contributed by atoms with Crippen LogP contribution in [0.15, 0.2) is 42.6 Å². The van der Waals surface area contributed by atoms with Crippen LogP contribution in [-0.2, 0) is 0 Å². The lowest BCUT2D eigenvalue weighted by Crippen LogP contribution is -2.07. The summed E-state index contributed by atoms with van der Waals surface area (Å²) in [5, 5.41) is 0. The van der Waals surface area contributed by atoms with E-state index in [1.54, 1.807) is 6.07 Å². The fraction of sp³-hybridized carbons (Fsp3) is 0.0769. The summed E-state index contributed by atoms with van der Waals surface area (Å²) in [7, 11) is 0. The molecule has 1 aromatic heterocycles. The lowest BCUT2D eigenvalue weighted by atomic mass is 10.0. The van der Waals surface area contributed by atoms with Gasteiger partial charge in [0.2, 0.25) is 5.95 Å². The second kappa shape index (κ2) is 5.35. The summed E-state index contributed by atoms with van der Waals surface area (Å²) in [6, 6.07) is 7.93. The van der Waals surface area contributed by atoms with Crippen molar-refractivity contribution in [2.45, 2.75) is 4.83 Å². The van der Waals surface area contributed by atoms with E-state index in [2.05, 4.69) is 20.9 Å². The van der Waals surface area contributed by atoms with Gasteiger partial charge in [-0.1, -0.05) is 15.9 Å². The van der Waals surface area contributed by atoms with Gasteiger partial charge in [-0.2, -0.15) is 4.39 Å². The average Bonchev–Trinajstić information content (AvgIpc) is 2.38. The van der Waals surface area contributed by atoms with E-state index < -0.39 is 16.6 Å². The van der Waals surface area contributed by atoms with Crippen molar-refractivity contribution < 1.29 is 13.6 Å². The molecule has 1 heterocycles. The van der Waals surface area contributed by atoms with Gasteiger partial charge >= 0.3 is 0 Å². The highest BCUT2D eigenvalue weighted by molar-refractivity contribution is 9.09.